The summed E-state index contributed by atoms with van der Waals surface area (Å²) >= 11 is 0. The molecule has 7 heteroatoms. The van der Waals surface area contributed by atoms with E-state index in [2.05, 4.69) is 5.10 Å². The van der Waals surface area contributed by atoms with Gasteiger partial charge in [0, 0.05) is 11.6 Å². The largest absolute Gasteiger partial charge is 0.416 e. The molecule has 25 heavy (non-hydrogen) atoms. The van der Waals surface area contributed by atoms with Crippen LogP contribution in [0.4, 0.5) is 17.6 Å². The van der Waals surface area contributed by atoms with Crippen LogP contribution in [0.5, 0.6) is 0 Å². The van der Waals surface area contributed by atoms with Crippen LogP contribution in [0.1, 0.15) is 11.1 Å². The summed E-state index contributed by atoms with van der Waals surface area (Å²) < 4.78 is 52.4. The highest BCUT2D eigenvalue weighted by Gasteiger charge is 2.30. The van der Waals surface area contributed by atoms with Crippen molar-refractivity contribution in [1.29, 1.82) is 0 Å². The quantitative estimate of drug-likeness (QED) is 0.668. The van der Waals surface area contributed by atoms with Gasteiger partial charge in [-0.25, -0.2) is 9.07 Å². The first-order valence-corrected chi connectivity index (χ1v) is 7.33. The minimum absolute atomic E-state index is 0.0994. The summed E-state index contributed by atoms with van der Waals surface area (Å²) in [5.41, 5.74) is 0.0995. The SMILES string of the molecule is O=c1ccc(-c2ccc(F)cc2)nn1Cc1cccc(C(F)(F)F)c1. The minimum atomic E-state index is -4.45. The molecule has 2 aromatic carbocycles. The molecule has 0 saturated carbocycles. The van der Waals surface area contributed by atoms with Crippen molar-refractivity contribution in [2.45, 2.75) is 12.7 Å². The highest BCUT2D eigenvalue weighted by molar-refractivity contribution is 5.57. The van der Waals surface area contributed by atoms with Crippen LogP contribution >= 0.6 is 0 Å². The van der Waals surface area contributed by atoms with E-state index in [0.717, 1.165) is 16.8 Å². The van der Waals surface area contributed by atoms with E-state index in [1.807, 2.05) is 0 Å². The first kappa shape index (κ1) is 16.9. The average molecular weight is 348 g/mol. The number of nitrogens with zero attached hydrogens (tertiary/aromatic N) is 2. The number of rotatable bonds is 3. The number of benzene rings is 2. The highest BCUT2D eigenvalue weighted by Crippen LogP contribution is 2.29. The summed E-state index contributed by atoms with van der Waals surface area (Å²) in [6.07, 6.45) is -4.45. The van der Waals surface area contributed by atoms with Crippen molar-refractivity contribution >= 4 is 0 Å². The molecule has 3 aromatic rings. The maximum Gasteiger partial charge on any atom is 0.416 e. The Morgan fingerprint density at radius 1 is 0.960 bits per heavy atom. The second-order valence-electron chi connectivity index (χ2n) is 5.42. The number of hydrogen-bond donors (Lipinski definition) is 0. The molecule has 1 heterocycles. The van der Waals surface area contributed by atoms with Gasteiger partial charge in [-0.3, -0.25) is 4.79 Å². The second kappa shape index (κ2) is 6.51. The molecule has 3 rings (SSSR count). The van der Waals surface area contributed by atoms with Crippen LogP contribution in [0, 0.1) is 5.82 Å². The third-order valence-corrected chi connectivity index (χ3v) is 3.59. The van der Waals surface area contributed by atoms with E-state index in [9.17, 15) is 22.4 Å². The van der Waals surface area contributed by atoms with Gasteiger partial charge >= 0.3 is 6.18 Å². The van der Waals surface area contributed by atoms with E-state index in [4.69, 9.17) is 0 Å². The fraction of sp³-hybridized carbons (Fsp3) is 0.111. The first-order valence-electron chi connectivity index (χ1n) is 7.33. The maximum absolute atomic E-state index is 13.0. The molecule has 0 aliphatic heterocycles. The zero-order valence-corrected chi connectivity index (χ0v) is 12.8. The van der Waals surface area contributed by atoms with Crippen molar-refractivity contribution in [3.63, 3.8) is 0 Å². The van der Waals surface area contributed by atoms with Gasteiger partial charge in [-0.2, -0.15) is 18.3 Å². The average Bonchev–Trinajstić information content (AvgIpc) is 2.57. The van der Waals surface area contributed by atoms with Gasteiger partial charge in [-0.15, -0.1) is 0 Å². The molecule has 0 saturated heterocycles. The van der Waals surface area contributed by atoms with Gasteiger partial charge < -0.3 is 0 Å². The second-order valence-corrected chi connectivity index (χ2v) is 5.42. The molecule has 0 amide bonds. The molecule has 0 spiro atoms. The summed E-state index contributed by atoms with van der Waals surface area (Å²) in [5.74, 6) is -0.402. The van der Waals surface area contributed by atoms with Crippen molar-refractivity contribution < 1.29 is 17.6 Å². The summed E-state index contributed by atoms with van der Waals surface area (Å²) in [6, 6.07) is 13.0. The van der Waals surface area contributed by atoms with Crippen molar-refractivity contribution in [2.75, 3.05) is 0 Å². The fourth-order valence-electron chi connectivity index (χ4n) is 2.36. The van der Waals surface area contributed by atoms with Crippen LogP contribution in [-0.4, -0.2) is 9.78 Å². The molecule has 128 valence electrons. The summed E-state index contributed by atoms with van der Waals surface area (Å²) in [7, 11) is 0. The number of halogens is 4. The van der Waals surface area contributed by atoms with Crippen LogP contribution in [0.3, 0.4) is 0 Å². The van der Waals surface area contributed by atoms with Crippen LogP contribution in [0.25, 0.3) is 11.3 Å². The Bertz CT molecular complexity index is 946. The molecular formula is C18H12F4N2O. The molecule has 3 nitrogen and oxygen atoms in total. The van der Waals surface area contributed by atoms with Crippen LogP contribution < -0.4 is 5.56 Å². The zero-order chi connectivity index (χ0) is 18.0. The lowest BCUT2D eigenvalue weighted by atomic mass is 10.1. The summed E-state index contributed by atoms with van der Waals surface area (Å²) in [5, 5.41) is 4.16. The monoisotopic (exact) mass is 348 g/mol. The lowest BCUT2D eigenvalue weighted by Gasteiger charge is -2.10. The third kappa shape index (κ3) is 3.93. The van der Waals surface area contributed by atoms with E-state index >= 15 is 0 Å². The lowest BCUT2D eigenvalue weighted by molar-refractivity contribution is -0.137. The van der Waals surface area contributed by atoms with Gasteiger partial charge in [0.05, 0.1) is 17.8 Å². The Morgan fingerprint density at radius 3 is 2.36 bits per heavy atom. The molecular weight excluding hydrogens is 336 g/mol. The summed E-state index contributed by atoms with van der Waals surface area (Å²) in [6.45, 7) is -0.0994. The Hall–Kier alpha value is -2.96. The molecule has 0 bridgehead atoms. The molecule has 0 unspecified atom stereocenters. The summed E-state index contributed by atoms with van der Waals surface area (Å²) in [4.78, 5) is 12.0. The first-order chi connectivity index (χ1) is 11.8. The molecule has 0 aliphatic rings. The Morgan fingerprint density at radius 2 is 1.68 bits per heavy atom. The normalized spacial score (nSPS) is 11.5. The van der Waals surface area contributed by atoms with E-state index in [1.54, 1.807) is 0 Å². The minimum Gasteiger partial charge on any atom is -0.268 e. The standard InChI is InChI=1S/C18H12F4N2O/c19-15-6-4-13(5-7-15)16-8-9-17(25)24(23-16)11-12-2-1-3-14(10-12)18(20,21)22/h1-10H,11H2. The molecule has 1 aromatic heterocycles. The predicted molar refractivity (Wildman–Crippen MR) is 84.4 cm³/mol. The van der Waals surface area contributed by atoms with E-state index in [1.165, 1.54) is 48.5 Å². The Balaban J connectivity index is 1.94. The predicted octanol–water partition coefficient (Wildman–Crippen LogP) is 4.12. The molecule has 0 N–H and O–H groups in total. The van der Waals surface area contributed by atoms with Crippen LogP contribution in [-0.2, 0) is 12.7 Å². The van der Waals surface area contributed by atoms with Gasteiger partial charge in [0.25, 0.3) is 5.56 Å². The fourth-order valence-corrected chi connectivity index (χ4v) is 2.36. The van der Waals surface area contributed by atoms with Crippen LogP contribution in [0.2, 0.25) is 0 Å². The Kier molecular flexibility index (Phi) is 4.39. The maximum atomic E-state index is 13.0. The number of aromatic nitrogens is 2. The molecule has 0 radical (unpaired) electrons. The molecule has 0 fully saturated rings. The Labute approximate surface area is 140 Å². The zero-order valence-electron chi connectivity index (χ0n) is 12.8. The van der Waals surface area contributed by atoms with Crippen molar-refractivity contribution in [1.82, 2.24) is 9.78 Å². The van der Waals surface area contributed by atoms with Gasteiger partial charge in [-0.05, 0) is 48.0 Å². The van der Waals surface area contributed by atoms with Gasteiger partial charge in [-0.1, -0.05) is 12.1 Å². The molecule has 0 aliphatic carbocycles. The van der Waals surface area contributed by atoms with Crippen molar-refractivity contribution in [2.24, 2.45) is 0 Å². The van der Waals surface area contributed by atoms with Crippen molar-refractivity contribution in [3.05, 3.63) is 88.0 Å². The van der Waals surface area contributed by atoms with Gasteiger partial charge in [0.15, 0.2) is 0 Å². The molecule has 0 atom stereocenters. The third-order valence-electron chi connectivity index (χ3n) is 3.59. The number of alkyl halides is 3. The van der Waals surface area contributed by atoms with E-state index < -0.39 is 23.1 Å². The van der Waals surface area contributed by atoms with E-state index in [0.29, 0.717) is 16.8 Å². The lowest BCUT2D eigenvalue weighted by Crippen LogP contribution is -2.23. The topological polar surface area (TPSA) is 34.9 Å². The highest BCUT2D eigenvalue weighted by atomic mass is 19.4. The van der Waals surface area contributed by atoms with Crippen LogP contribution in [0.15, 0.2) is 65.5 Å². The smallest absolute Gasteiger partial charge is 0.268 e. The van der Waals surface area contributed by atoms with E-state index in [-0.39, 0.29) is 6.54 Å². The number of hydrogen-bond acceptors (Lipinski definition) is 2. The van der Waals surface area contributed by atoms with Crippen molar-refractivity contribution in [3.8, 4) is 11.3 Å². The van der Waals surface area contributed by atoms with Gasteiger partial charge in [0.2, 0.25) is 0 Å². The van der Waals surface area contributed by atoms with Gasteiger partial charge in [0.1, 0.15) is 5.82 Å².